The smallest absolute Gasteiger partial charge is 0.268 e. The van der Waals surface area contributed by atoms with Gasteiger partial charge in [0.1, 0.15) is 5.69 Å². The summed E-state index contributed by atoms with van der Waals surface area (Å²) in [6.07, 6.45) is 4.39. The SMILES string of the molecule is CC1(C)[C@H]2C[C@H](NC(=O)c3cc4c(F)cncc4[nH]3)[C@](C)(O)[C@@H]1C2. The molecule has 3 saturated carbocycles. The summed E-state index contributed by atoms with van der Waals surface area (Å²) in [5, 5.41) is 14.2. The number of carbonyl (C=O) groups excluding carboxylic acids is 1. The molecule has 2 aromatic rings. The number of rotatable bonds is 2. The van der Waals surface area contributed by atoms with Gasteiger partial charge in [-0.1, -0.05) is 13.8 Å². The van der Waals surface area contributed by atoms with E-state index in [1.54, 1.807) is 0 Å². The number of carbonyl (C=O) groups is 1. The minimum atomic E-state index is -0.938. The van der Waals surface area contributed by atoms with Crippen molar-refractivity contribution in [3.63, 3.8) is 0 Å². The van der Waals surface area contributed by atoms with Crippen LogP contribution >= 0.6 is 0 Å². The molecule has 3 fully saturated rings. The Hall–Kier alpha value is -1.95. The van der Waals surface area contributed by atoms with Gasteiger partial charge in [-0.25, -0.2) is 4.39 Å². The van der Waals surface area contributed by atoms with Crippen molar-refractivity contribution in [2.24, 2.45) is 17.3 Å². The number of amides is 1. The molecule has 0 radical (unpaired) electrons. The van der Waals surface area contributed by atoms with Gasteiger partial charge in [0.25, 0.3) is 5.91 Å². The van der Waals surface area contributed by atoms with Crippen molar-refractivity contribution in [2.75, 3.05) is 0 Å². The summed E-state index contributed by atoms with van der Waals surface area (Å²) in [4.78, 5) is 19.2. The fraction of sp³-hybridized carbons (Fsp3) is 0.556. The van der Waals surface area contributed by atoms with E-state index < -0.39 is 11.4 Å². The van der Waals surface area contributed by atoms with Crippen LogP contribution in [0.4, 0.5) is 4.39 Å². The third-order valence-electron chi connectivity index (χ3n) is 6.45. The maximum Gasteiger partial charge on any atom is 0.268 e. The zero-order chi connectivity index (χ0) is 17.3. The summed E-state index contributed by atoms with van der Waals surface area (Å²) < 4.78 is 13.7. The number of H-pyrrole nitrogens is 1. The molecule has 2 aromatic heterocycles. The van der Waals surface area contributed by atoms with E-state index in [9.17, 15) is 14.3 Å². The van der Waals surface area contributed by atoms with E-state index >= 15 is 0 Å². The van der Waals surface area contributed by atoms with Gasteiger partial charge >= 0.3 is 0 Å². The van der Waals surface area contributed by atoms with Crippen LogP contribution in [0.2, 0.25) is 0 Å². The molecule has 0 aromatic carbocycles. The van der Waals surface area contributed by atoms with Crippen molar-refractivity contribution < 1.29 is 14.3 Å². The summed E-state index contributed by atoms with van der Waals surface area (Å²) in [5.41, 5.74) is -0.0568. The second kappa shape index (κ2) is 4.79. The maximum absolute atomic E-state index is 13.7. The fourth-order valence-corrected chi connectivity index (χ4v) is 4.75. The Bertz CT molecular complexity index is 827. The number of hydrogen-bond donors (Lipinski definition) is 3. The van der Waals surface area contributed by atoms with E-state index in [0.717, 1.165) is 19.0 Å². The Kier molecular flexibility index (Phi) is 3.10. The van der Waals surface area contributed by atoms with Crippen LogP contribution in [0.15, 0.2) is 18.5 Å². The van der Waals surface area contributed by atoms with Crippen molar-refractivity contribution in [3.8, 4) is 0 Å². The lowest BCUT2D eigenvalue weighted by atomic mass is 9.43. The number of halogens is 1. The van der Waals surface area contributed by atoms with Crippen LogP contribution in [0.3, 0.4) is 0 Å². The van der Waals surface area contributed by atoms with Gasteiger partial charge in [0.2, 0.25) is 0 Å². The Morgan fingerprint density at radius 3 is 2.75 bits per heavy atom. The van der Waals surface area contributed by atoms with Gasteiger partial charge in [0.05, 0.1) is 29.6 Å². The molecule has 5 nitrogen and oxygen atoms in total. The van der Waals surface area contributed by atoms with Gasteiger partial charge in [-0.15, -0.1) is 0 Å². The maximum atomic E-state index is 13.7. The standard InChI is InChI=1S/C18H22FN3O2/c1-17(2)9-4-14(17)18(3,24)15(5-9)22-16(23)12-6-10-11(19)7-20-8-13(10)21-12/h6-9,14-15,21,24H,4-5H2,1-3H3,(H,22,23)/t9-,14-,15+,18-/m1/s1. The normalized spacial score (nSPS) is 34.0. The van der Waals surface area contributed by atoms with Crippen LogP contribution in [0, 0.1) is 23.1 Å². The largest absolute Gasteiger partial charge is 0.388 e. The molecule has 1 amide bonds. The number of nitrogens with one attached hydrogen (secondary N) is 2. The third-order valence-corrected chi connectivity index (χ3v) is 6.45. The average Bonchev–Trinajstić information content (AvgIpc) is 2.94. The molecule has 2 bridgehead atoms. The van der Waals surface area contributed by atoms with Crippen LogP contribution in [0.25, 0.3) is 10.9 Å². The monoisotopic (exact) mass is 331 g/mol. The van der Waals surface area contributed by atoms with Crippen molar-refractivity contribution in [1.29, 1.82) is 0 Å². The van der Waals surface area contributed by atoms with Crippen LogP contribution in [-0.4, -0.2) is 32.6 Å². The Morgan fingerprint density at radius 2 is 2.12 bits per heavy atom. The van der Waals surface area contributed by atoms with Crippen molar-refractivity contribution in [2.45, 2.75) is 45.3 Å². The van der Waals surface area contributed by atoms with E-state index in [0.29, 0.717) is 16.8 Å². The summed E-state index contributed by atoms with van der Waals surface area (Å²) in [5.74, 6) is -0.0961. The van der Waals surface area contributed by atoms with Crippen molar-refractivity contribution >= 4 is 16.8 Å². The lowest BCUT2D eigenvalue weighted by Gasteiger charge is -2.65. The molecule has 2 heterocycles. The number of nitrogens with zero attached hydrogens (tertiary/aromatic N) is 1. The second-order valence-corrected chi connectivity index (χ2v) is 8.06. The first-order valence-electron chi connectivity index (χ1n) is 8.36. The third kappa shape index (κ3) is 2.02. The number of fused-ring (bicyclic) bond motifs is 3. The van der Waals surface area contributed by atoms with E-state index in [4.69, 9.17) is 0 Å². The highest BCUT2D eigenvalue weighted by molar-refractivity contribution is 5.98. The summed E-state index contributed by atoms with van der Waals surface area (Å²) in [6.45, 7) is 6.19. The molecule has 128 valence electrons. The predicted octanol–water partition coefficient (Wildman–Crippen LogP) is 2.62. The molecule has 0 unspecified atom stereocenters. The van der Waals surface area contributed by atoms with E-state index in [-0.39, 0.29) is 29.0 Å². The van der Waals surface area contributed by atoms with Gasteiger partial charge in [-0.3, -0.25) is 9.78 Å². The van der Waals surface area contributed by atoms with Gasteiger partial charge in [0, 0.05) is 5.39 Å². The van der Waals surface area contributed by atoms with Crippen LogP contribution < -0.4 is 5.32 Å². The molecule has 3 aliphatic rings. The highest BCUT2D eigenvalue weighted by Crippen LogP contribution is 2.62. The molecule has 0 aliphatic heterocycles. The van der Waals surface area contributed by atoms with E-state index in [1.807, 2.05) is 6.92 Å². The molecular formula is C18H22FN3O2. The minimum absolute atomic E-state index is 0.112. The average molecular weight is 331 g/mol. The minimum Gasteiger partial charge on any atom is -0.388 e. The van der Waals surface area contributed by atoms with Crippen molar-refractivity contribution in [1.82, 2.24) is 15.3 Å². The molecule has 24 heavy (non-hydrogen) atoms. The molecule has 4 atom stereocenters. The van der Waals surface area contributed by atoms with Gasteiger partial charge in [-0.05, 0) is 43.1 Å². The van der Waals surface area contributed by atoms with E-state index in [1.165, 1.54) is 12.3 Å². The Balaban J connectivity index is 1.57. The zero-order valence-corrected chi connectivity index (χ0v) is 14.1. The molecule has 3 N–H and O–H groups in total. The van der Waals surface area contributed by atoms with Crippen LogP contribution in [-0.2, 0) is 0 Å². The second-order valence-electron chi connectivity index (χ2n) is 8.06. The lowest BCUT2D eigenvalue weighted by Crippen LogP contribution is -2.70. The summed E-state index contributed by atoms with van der Waals surface area (Å²) in [6, 6.07) is 1.19. The highest BCUT2D eigenvalue weighted by Gasteiger charge is 2.63. The number of pyridine rings is 1. The number of aromatic nitrogens is 2. The first-order valence-corrected chi connectivity index (χ1v) is 8.36. The predicted molar refractivity (Wildman–Crippen MR) is 87.9 cm³/mol. The number of aliphatic hydroxyl groups is 1. The van der Waals surface area contributed by atoms with Gasteiger partial charge < -0.3 is 15.4 Å². The molecule has 0 spiro atoms. The quantitative estimate of drug-likeness (QED) is 0.791. The number of hydrogen-bond acceptors (Lipinski definition) is 3. The Morgan fingerprint density at radius 1 is 1.38 bits per heavy atom. The Labute approximate surface area is 139 Å². The molecular weight excluding hydrogens is 309 g/mol. The van der Waals surface area contributed by atoms with Crippen LogP contribution in [0.1, 0.15) is 44.1 Å². The topological polar surface area (TPSA) is 78.0 Å². The summed E-state index contributed by atoms with van der Waals surface area (Å²) in [7, 11) is 0. The van der Waals surface area contributed by atoms with Crippen molar-refractivity contribution in [3.05, 3.63) is 30.0 Å². The van der Waals surface area contributed by atoms with Gasteiger partial charge in [0.15, 0.2) is 5.82 Å². The first kappa shape index (κ1) is 15.6. The highest BCUT2D eigenvalue weighted by atomic mass is 19.1. The first-order chi connectivity index (χ1) is 11.2. The van der Waals surface area contributed by atoms with Gasteiger partial charge in [-0.2, -0.15) is 0 Å². The lowest BCUT2D eigenvalue weighted by molar-refractivity contribution is -0.207. The zero-order valence-electron chi connectivity index (χ0n) is 14.1. The fourth-order valence-electron chi connectivity index (χ4n) is 4.75. The molecule has 3 aliphatic carbocycles. The number of aromatic amines is 1. The molecule has 0 saturated heterocycles. The molecule has 6 heteroatoms. The van der Waals surface area contributed by atoms with E-state index in [2.05, 4.69) is 29.1 Å². The summed E-state index contributed by atoms with van der Waals surface area (Å²) >= 11 is 0. The van der Waals surface area contributed by atoms with Crippen LogP contribution in [0.5, 0.6) is 0 Å². The molecule has 5 rings (SSSR count).